The van der Waals surface area contributed by atoms with Crippen LogP contribution in [0, 0.1) is 5.92 Å². The molecule has 1 atom stereocenters. The number of nitrogens with zero attached hydrogens (tertiary/aromatic N) is 3. The molecule has 2 amide bonds. The molecule has 3 aliphatic rings. The highest BCUT2D eigenvalue weighted by Gasteiger charge is 2.36. The van der Waals surface area contributed by atoms with E-state index in [9.17, 15) is 9.59 Å². The fraction of sp³-hybridized carbons (Fsp3) is 0.417. The van der Waals surface area contributed by atoms with E-state index in [0.717, 1.165) is 55.4 Å². The van der Waals surface area contributed by atoms with Gasteiger partial charge in [0.25, 0.3) is 0 Å². The summed E-state index contributed by atoms with van der Waals surface area (Å²) in [5.74, 6) is 1.58. The quantitative estimate of drug-likeness (QED) is 0.759. The molecule has 6 heteroatoms. The fourth-order valence-corrected chi connectivity index (χ4v) is 5.57. The second-order valence-corrected chi connectivity index (χ2v) is 9.41. The van der Waals surface area contributed by atoms with Crippen LogP contribution >= 0.6 is 11.8 Å². The standard InChI is InChI=1S/C24H27N3O2S/c28-23(16-25-12-14-26(15-13-25)24(29)19-10-11-19)27-20-8-4-5-9-22(20)30-17-21(27)18-6-2-1-3-7-18/h1-9,19,21H,10-17H2. The third-order valence-electron chi connectivity index (χ3n) is 6.26. The Labute approximate surface area is 182 Å². The van der Waals surface area contributed by atoms with Gasteiger partial charge in [-0.3, -0.25) is 14.5 Å². The van der Waals surface area contributed by atoms with E-state index < -0.39 is 0 Å². The second-order valence-electron chi connectivity index (χ2n) is 8.34. The first kappa shape index (κ1) is 19.6. The van der Waals surface area contributed by atoms with Crippen molar-refractivity contribution < 1.29 is 9.59 Å². The summed E-state index contributed by atoms with van der Waals surface area (Å²) in [6, 6.07) is 18.6. The molecule has 0 N–H and O–H groups in total. The van der Waals surface area contributed by atoms with E-state index in [4.69, 9.17) is 0 Å². The number of fused-ring (bicyclic) bond motifs is 1. The molecule has 2 fully saturated rings. The average Bonchev–Trinajstić information content (AvgIpc) is 3.64. The van der Waals surface area contributed by atoms with Crippen LogP contribution in [0.3, 0.4) is 0 Å². The van der Waals surface area contributed by atoms with Gasteiger partial charge in [0.1, 0.15) is 0 Å². The van der Waals surface area contributed by atoms with Crippen LogP contribution < -0.4 is 4.90 Å². The van der Waals surface area contributed by atoms with Crippen molar-refractivity contribution in [2.24, 2.45) is 5.92 Å². The molecule has 1 saturated carbocycles. The molecule has 0 aromatic heterocycles. The maximum Gasteiger partial charge on any atom is 0.241 e. The van der Waals surface area contributed by atoms with Gasteiger partial charge in [-0.15, -0.1) is 11.8 Å². The van der Waals surface area contributed by atoms with Crippen LogP contribution in [0.15, 0.2) is 59.5 Å². The van der Waals surface area contributed by atoms with Crippen molar-refractivity contribution in [2.45, 2.75) is 23.8 Å². The van der Waals surface area contributed by atoms with Gasteiger partial charge in [-0.2, -0.15) is 0 Å². The van der Waals surface area contributed by atoms with Gasteiger partial charge >= 0.3 is 0 Å². The first-order chi connectivity index (χ1) is 14.7. The van der Waals surface area contributed by atoms with Gasteiger partial charge < -0.3 is 9.80 Å². The molecule has 30 heavy (non-hydrogen) atoms. The molecule has 0 radical (unpaired) electrons. The minimum atomic E-state index is 0.0383. The predicted octanol–water partition coefficient (Wildman–Crippen LogP) is 3.42. The Morgan fingerprint density at radius 1 is 0.900 bits per heavy atom. The van der Waals surface area contributed by atoms with Crippen molar-refractivity contribution in [3.63, 3.8) is 0 Å². The van der Waals surface area contributed by atoms with Gasteiger partial charge in [-0.1, -0.05) is 42.5 Å². The largest absolute Gasteiger partial charge is 0.340 e. The Morgan fingerprint density at radius 2 is 1.60 bits per heavy atom. The lowest BCUT2D eigenvalue weighted by Crippen LogP contribution is -2.52. The topological polar surface area (TPSA) is 43.9 Å². The summed E-state index contributed by atoms with van der Waals surface area (Å²) in [4.78, 5) is 33.2. The molecular formula is C24H27N3O2S. The highest BCUT2D eigenvalue weighted by Crippen LogP contribution is 2.43. The van der Waals surface area contributed by atoms with Gasteiger partial charge in [0.15, 0.2) is 0 Å². The van der Waals surface area contributed by atoms with Crippen LogP contribution in [0.4, 0.5) is 5.69 Å². The number of piperazine rings is 1. The first-order valence-corrected chi connectivity index (χ1v) is 11.8. The first-order valence-electron chi connectivity index (χ1n) is 10.8. The molecule has 2 aliphatic heterocycles. The Hall–Kier alpha value is -2.31. The third kappa shape index (κ3) is 3.98. The fourth-order valence-electron chi connectivity index (χ4n) is 4.40. The molecular weight excluding hydrogens is 394 g/mol. The zero-order chi connectivity index (χ0) is 20.5. The molecule has 0 spiro atoms. The molecule has 5 rings (SSSR count). The average molecular weight is 422 g/mol. The van der Waals surface area contributed by atoms with Crippen molar-refractivity contribution in [3.05, 3.63) is 60.2 Å². The van der Waals surface area contributed by atoms with E-state index >= 15 is 0 Å². The van der Waals surface area contributed by atoms with E-state index in [1.54, 1.807) is 0 Å². The highest BCUT2D eigenvalue weighted by molar-refractivity contribution is 7.99. The van der Waals surface area contributed by atoms with Crippen LogP contribution in [0.2, 0.25) is 0 Å². The molecule has 2 heterocycles. The van der Waals surface area contributed by atoms with Gasteiger partial charge in [-0.25, -0.2) is 0 Å². The Morgan fingerprint density at radius 3 is 2.33 bits per heavy atom. The summed E-state index contributed by atoms with van der Waals surface area (Å²) >= 11 is 1.82. The molecule has 1 saturated heterocycles. The summed E-state index contributed by atoms with van der Waals surface area (Å²) in [5, 5.41) is 0. The summed E-state index contributed by atoms with van der Waals surface area (Å²) in [6.45, 7) is 3.40. The van der Waals surface area contributed by atoms with E-state index in [2.05, 4.69) is 29.2 Å². The van der Waals surface area contributed by atoms with Crippen molar-refractivity contribution >= 4 is 29.3 Å². The molecule has 5 nitrogen and oxygen atoms in total. The molecule has 156 valence electrons. The lowest BCUT2D eigenvalue weighted by Gasteiger charge is -2.40. The normalized spacial score (nSPS) is 21.9. The van der Waals surface area contributed by atoms with Crippen LogP contribution in [-0.4, -0.2) is 60.1 Å². The van der Waals surface area contributed by atoms with Crippen LogP contribution in [-0.2, 0) is 9.59 Å². The van der Waals surface area contributed by atoms with E-state index in [1.165, 1.54) is 5.56 Å². The monoisotopic (exact) mass is 421 g/mol. The van der Waals surface area contributed by atoms with Crippen molar-refractivity contribution in [3.8, 4) is 0 Å². The number of para-hydroxylation sites is 1. The van der Waals surface area contributed by atoms with Gasteiger partial charge in [0.2, 0.25) is 11.8 Å². The summed E-state index contributed by atoms with van der Waals surface area (Å²) in [6.07, 6.45) is 2.09. The van der Waals surface area contributed by atoms with Crippen molar-refractivity contribution in [1.82, 2.24) is 9.80 Å². The van der Waals surface area contributed by atoms with Crippen LogP contribution in [0.5, 0.6) is 0 Å². The van der Waals surface area contributed by atoms with Gasteiger partial charge in [0, 0.05) is 42.7 Å². The molecule has 1 aliphatic carbocycles. The van der Waals surface area contributed by atoms with Gasteiger partial charge in [-0.05, 0) is 30.5 Å². The van der Waals surface area contributed by atoms with E-state index in [-0.39, 0.29) is 17.9 Å². The summed E-state index contributed by atoms with van der Waals surface area (Å²) in [7, 11) is 0. The summed E-state index contributed by atoms with van der Waals surface area (Å²) in [5.41, 5.74) is 2.18. The number of anilines is 1. The third-order valence-corrected chi connectivity index (χ3v) is 7.39. The lowest BCUT2D eigenvalue weighted by atomic mass is 10.1. The number of benzene rings is 2. The smallest absolute Gasteiger partial charge is 0.241 e. The van der Waals surface area contributed by atoms with Gasteiger partial charge in [0.05, 0.1) is 18.3 Å². The maximum absolute atomic E-state index is 13.5. The molecule has 2 aromatic carbocycles. The Bertz CT molecular complexity index is 923. The van der Waals surface area contributed by atoms with Crippen LogP contribution in [0.1, 0.15) is 24.4 Å². The Kier molecular flexibility index (Phi) is 5.52. The SMILES string of the molecule is O=C(C1CC1)N1CCN(CC(=O)N2c3ccccc3SCC2c2ccccc2)CC1. The maximum atomic E-state index is 13.5. The molecule has 0 bridgehead atoms. The zero-order valence-corrected chi connectivity index (χ0v) is 17.9. The number of hydrogen-bond donors (Lipinski definition) is 0. The molecule has 2 aromatic rings. The minimum Gasteiger partial charge on any atom is -0.340 e. The zero-order valence-electron chi connectivity index (χ0n) is 17.1. The van der Waals surface area contributed by atoms with E-state index in [1.807, 2.05) is 51.9 Å². The van der Waals surface area contributed by atoms with Crippen LogP contribution in [0.25, 0.3) is 0 Å². The van der Waals surface area contributed by atoms with Crippen molar-refractivity contribution in [1.29, 1.82) is 0 Å². The lowest BCUT2D eigenvalue weighted by molar-refractivity contribution is -0.134. The second kappa shape index (κ2) is 8.44. The number of amides is 2. The van der Waals surface area contributed by atoms with E-state index in [0.29, 0.717) is 12.5 Å². The Balaban J connectivity index is 1.31. The highest BCUT2D eigenvalue weighted by atomic mass is 32.2. The number of rotatable bonds is 4. The molecule has 1 unspecified atom stereocenters. The number of carbonyl (C=O) groups excluding carboxylic acids is 2. The van der Waals surface area contributed by atoms with Crippen molar-refractivity contribution in [2.75, 3.05) is 43.4 Å². The number of carbonyl (C=O) groups is 2. The number of hydrogen-bond acceptors (Lipinski definition) is 4. The predicted molar refractivity (Wildman–Crippen MR) is 120 cm³/mol. The number of thioether (sulfide) groups is 1. The summed E-state index contributed by atoms with van der Waals surface area (Å²) < 4.78 is 0. The minimum absolute atomic E-state index is 0.0383.